The average Bonchev–Trinajstić information content (AvgIpc) is 3.90. The Morgan fingerprint density at radius 1 is 1.06 bits per heavy atom. The van der Waals surface area contributed by atoms with Crippen LogP contribution in [0.1, 0.15) is 74.0 Å². The predicted molar refractivity (Wildman–Crippen MR) is 170 cm³/mol. The fourth-order valence-electron chi connectivity index (χ4n) is 10.6. The third-order valence-corrected chi connectivity index (χ3v) is 13.5. The lowest BCUT2D eigenvalue weighted by Gasteiger charge is -2.45. The smallest absolute Gasteiger partial charge is 0.356 e. The van der Waals surface area contributed by atoms with E-state index < -0.39 is 59.1 Å². The molecule has 7 aliphatic rings. The summed E-state index contributed by atoms with van der Waals surface area (Å²) in [7, 11) is 0. The first kappa shape index (κ1) is 32.6. The molecule has 49 heavy (non-hydrogen) atoms. The van der Waals surface area contributed by atoms with Gasteiger partial charge in [0.05, 0.1) is 6.04 Å². The highest BCUT2D eigenvalue weighted by Crippen LogP contribution is 2.65. The molecule has 2 unspecified atom stereocenters. The van der Waals surface area contributed by atoms with Crippen molar-refractivity contribution < 1.29 is 37.1 Å². The van der Waals surface area contributed by atoms with Gasteiger partial charge in [-0.2, -0.15) is 13.2 Å². The van der Waals surface area contributed by atoms with Gasteiger partial charge in [-0.05, 0) is 99.5 Å². The van der Waals surface area contributed by atoms with Crippen LogP contribution in [-0.4, -0.2) is 81.7 Å². The van der Waals surface area contributed by atoms with Crippen molar-refractivity contribution in [2.75, 3.05) is 13.1 Å². The van der Waals surface area contributed by atoms with Crippen LogP contribution in [0.25, 0.3) is 10.3 Å². The Balaban J connectivity index is 1.09. The maximum atomic E-state index is 14.6. The van der Waals surface area contributed by atoms with Crippen LogP contribution in [0.15, 0.2) is 18.3 Å². The molecule has 5 aliphatic carbocycles. The molecule has 4 bridgehead atoms. The van der Waals surface area contributed by atoms with Crippen molar-refractivity contribution in [1.29, 1.82) is 0 Å². The van der Waals surface area contributed by atoms with Crippen LogP contribution in [0, 0.1) is 40.9 Å². The number of likely N-dealkylation sites (tertiary alicyclic amines) is 1. The number of alkyl halides is 3. The third kappa shape index (κ3) is 5.69. The molecule has 4 heterocycles. The SMILES string of the molecule is O=C1NCC[C@H]1C[C@H](NC(=O)[C@@H]1[C@H]2CCC[C@H]2CN1C(=O)[C@@H](NC(=O)C(F)(F)F)C12CC3CC(C1)C(C3)C2)C(=O)c1nc2cccnc2s1. The zero-order valence-electron chi connectivity index (χ0n) is 26.8. The van der Waals surface area contributed by atoms with Crippen molar-refractivity contribution in [2.24, 2.45) is 40.9 Å². The molecule has 0 aromatic carbocycles. The van der Waals surface area contributed by atoms with Gasteiger partial charge < -0.3 is 20.9 Å². The van der Waals surface area contributed by atoms with Crippen LogP contribution in [0.3, 0.4) is 0 Å². The summed E-state index contributed by atoms with van der Waals surface area (Å²) in [6, 6.07) is -0.123. The molecule has 2 aromatic rings. The number of aromatic nitrogens is 2. The van der Waals surface area contributed by atoms with Gasteiger partial charge >= 0.3 is 12.1 Å². The number of carbonyl (C=O) groups excluding carboxylic acids is 5. The second-order valence-corrected chi connectivity index (χ2v) is 16.3. The fraction of sp³-hybridized carbons (Fsp3) is 0.676. The molecule has 2 aliphatic heterocycles. The molecule has 8 atom stereocenters. The Morgan fingerprint density at radius 3 is 2.51 bits per heavy atom. The van der Waals surface area contributed by atoms with Gasteiger partial charge in [0.15, 0.2) is 5.01 Å². The van der Waals surface area contributed by atoms with E-state index in [-0.39, 0.29) is 35.7 Å². The summed E-state index contributed by atoms with van der Waals surface area (Å²) >= 11 is 1.09. The fourth-order valence-corrected chi connectivity index (χ4v) is 11.5. The molecular weight excluding hydrogens is 661 g/mol. The Kier molecular flexibility index (Phi) is 7.99. The van der Waals surface area contributed by atoms with Gasteiger partial charge in [0.25, 0.3) is 0 Å². The topological polar surface area (TPSA) is 150 Å². The van der Waals surface area contributed by atoms with Crippen LogP contribution in [0.4, 0.5) is 13.2 Å². The van der Waals surface area contributed by atoms with E-state index in [0.29, 0.717) is 66.7 Å². The summed E-state index contributed by atoms with van der Waals surface area (Å²) in [5.41, 5.74) is -0.260. The van der Waals surface area contributed by atoms with E-state index in [2.05, 4.69) is 25.9 Å². The lowest BCUT2D eigenvalue weighted by atomic mass is 9.65. The van der Waals surface area contributed by atoms with Crippen molar-refractivity contribution in [3.8, 4) is 0 Å². The summed E-state index contributed by atoms with van der Waals surface area (Å²) in [6.07, 6.45) is 2.93. The second-order valence-electron chi connectivity index (χ2n) is 15.3. The Hall–Kier alpha value is -3.62. The molecule has 3 N–H and O–H groups in total. The zero-order chi connectivity index (χ0) is 34.2. The molecule has 0 spiro atoms. The number of nitrogens with one attached hydrogen (secondary N) is 3. The van der Waals surface area contributed by atoms with E-state index in [1.165, 1.54) is 4.90 Å². The van der Waals surface area contributed by atoms with Gasteiger partial charge in [-0.25, -0.2) is 9.97 Å². The molecule has 4 amide bonds. The Bertz CT molecular complexity index is 1660. The van der Waals surface area contributed by atoms with E-state index in [4.69, 9.17) is 0 Å². The van der Waals surface area contributed by atoms with Crippen LogP contribution in [-0.2, 0) is 19.2 Å². The molecule has 15 heteroatoms. The highest BCUT2D eigenvalue weighted by molar-refractivity contribution is 7.19. The third-order valence-electron chi connectivity index (χ3n) is 12.5. The second kappa shape index (κ2) is 12.0. The number of carbonyl (C=O) groups is 5. The standard InChI is InChI=1S/C34H39F3N6O5S/c35-34(36,37)32(48)42-26(33-12-16-9-19(13-33)20(10-16)14-33)31(47)43-15-18-3-1-4-21(18)24(43)28(46)40-23(11-17-6-8-38-27(17)45)25(44)30-41-22-5-2-7-39-29(22)49-30/h2,5,7,16-21,23-24,26H,1,3-4,6,8-15H2,(H,38,45)(H,40,46)(H,42,48)/t16?,17-,18-,19?,20?,21-,23-,24-,26+,33?/m0/s1. The molecule has 5 saturated carbocycles. The number of nitrogens with zero attached hydrogens (tertiary/aromatic N) is 3. The lowest BCUT2D eigenvalue weighted by molar-refractivity contribution is -0.177. The van der Waals surface area contributed by atoms with E-state index in [0.717, 1.165) is 37.0 Å². The van der Waals surface area contributed by atoms with Crippen molar-refractivity contribution in [3.05, 3.63) is 23.3 Å². The number of amides is 4. The van der Waals surface area contributed by atoms with Crippen LogP contribution < -0.4 is 16.0 Å². The highest BCUT2D eigenvalue weighted by Gasteiger charge is 2.63. The number of Topliss-reactive ketones (excluding diaryl/α,β-unsaturated/α-hetero) is 1. The number of hydrogen-bond donors (Lipinski definition) is 3. The molecule has 7 fully saturated rings. The number of rotatable bonds is 9. The molecule has 11 nitrogen and oxygen atoms in total. The van der Waals surface area contributed by atoms with Gasteiger partial charge in [0, 0.05) is 30.6 Å². The maximum absolute atomic E-state index is 14.6. The number of pyridine rings is 1. The quantitative estimate of drug-likeness (QED) is 0.340. The van der Waals surface area contributed by atoms with Crippen LogP contribution in [0.2, 0.25) is 0 Å². The van der Waals surface area contributed by atoms with Crippen molar-refractivity contribution in [1.82, 2.24) is 30.8 Å². The first-order valence-electron chi connectivity index (χ1n) is 17.4. The van der Waals surface area contributed by atoms with E-state index in [1.807, 2.05) is 0 Å². The van der Waals surface area contributed by atoms with Gasteiger partial charge in [0.1, 0.15) is 22.4 Å². The number of halogens is 3. The average molecular weight is 701 g/mol. The molecule has 2 saturated heterocycles. The number of hydrogen-bond acceptors (Lipinski definition) is 8. The van der Waals surface area contributed by atoms with Crippen LogP contribution in [0.5, 0.6) is 0 Å². The van der Waals surface area contributed by atoms with Gasteiger partial charge in [0.2, 0.25) is 23.5 Å². The van der Waals surface area contributed by atoms with Gasteiger partial charge in [-0.15, -0.1) is 0 Å². The van der Waals surface area contributed by atoms with Crippen molar-refractivity contribution in [2.45, 2.75) is 88.5 Å². The Labute approximate surface area is 284 Å². The number of ketones is 1. The summed E-state index contributed by atoms with van der Waals surface area (Å²) in [5.74, 6) is -3.88. The van der Waals surface area contributed by atoms with Crippen molar-refractivity contribution in [3.63, 3.8) is 0 Å². The van der Waals surface area contributed by atoms with Crippen LogP contribution >= 0.6 is 11.3 Å². The lowest BCUT2D eigenvalue weighted by Crippen LogP contribution is -2.62. The molecule has 9 rings (SSSR count). The van der Waals surface area contributed by atoms with E-state index in [9.17, 15) is 37.1 Å². The van der Waals surface area contributed by atoms with Gasteiger partial charge in [-0.3, -0.25) is 24.0 Å². The molecule has 2 aromatic heterocycles. The number of thiazole rings is 1. The molecule has 262 valence electrons. The first-order chi connectivity index (χ1) is 23.4. The summed E-state index contributed by atoms with van der Waals surface area (Å²) in [5, 5.41) is 7.93. The summed E-state index contributed by atoms with van der Waals surface area (Å²) in [4.78, 5) is 78.8. The van der Waals surface area contributed by atoms with E-state index >= 15 is 0 Å². The minimum Gasteiger partial charge on any atom is -0.356 e. The number of fused-ring (bicyclic) bond motifs is 2. The minimum atomic E-state index is -5.17. The highest BCUT2D eigenvalue weighted by atomic mass is 32.1. The zero-order valence-corrected chi connectivity index (χ0v) is 27.7. The Morgan fingerprint density at radius 2 is 1.84 bits per heavy atom. The molecular formula is C34H39F3N6O5S. The summed E-state index contributed by atoms with van der Waals surface area (Å²) < 4.78 is 41.1. The minimum absolute atomic E-state index is 0.0302. The maximum Gasteiger partial charge on any atom is 0.471 e. The summed E-state index contributed by atoms with van der Waals surface area (Å²) in [6.45, 7) is 0.646. The van der Waals surface area contributed by atoms with Crippen molar-refractivity contribution >= 4 is 51.1 Å². The van der Waals surface area contributed by atoms with E-state index in [1.54, 1.807) is 18.3 Å². The van der Waals surface area contributed by atoms with Gasteiger partial charge in [-0.1, -0.05) is 17.8 Å². The normalized spacial score (nSPS) is 34.2. The predicted octanol–water partition coefficient (Wildman–Crippen LogP) is 3.39. The largest absolute Gasteiger partial charge is 0.471 e. The monoisotopic (exact) mass is 700 g/mol. The first-order valence-corrected chi connectivity index (χ1v) is 18.2. The molecule has 0 radical (unpaired) electrons.